The van der Waals surface area contributed by atoms with Crippen LogP contribution in [0.3, 0.4) is 0 Å². The minimum Gasteiger partial charge on any atom is -0.481 e. The van der Waals surface area contributed by atoms with E-state index in [0.29, 0.717) is 0 Å². The summed E-state index contributed by atoms with van der Waals surface area (Å²) in [5.74, 6) is -6.04. The van der Waals surface area contributed by atoms with Crippen LogP contribution in [0.4, 0.5) is 0 Å². The zero-order valence-electron chi connectivity index (χ0n) is 19.4. The van der Waals surface area contributed by atoms with E-state index in [1.54, 1.807) is 6.20 Å². The third kappa shape index (κ3) is 7.80. The Balaban J connectivity index is 2.00. The van der Waals surface area contributed by atoms with Gasteiger partial charge in [-0.15, -0.1) is 0 Å². The van der Waals surface area contributed by atoms with Crippen molar-refractivity contribution in [1.82, 2.24) is 20.9 Å². The Hall–Kier alpha value is -4.46. The number of nitrogens with one attached hydrogen (secondary N) is 4. The summed E-state index contributed by atoms with van der Waals surface area (Å²) >= 11 is 0. The van der Waals surface area contributed by atoms with Crippen LogP contribution in [-0.4, -0.2) is 69.8 Å². The summed E-state index contributed by atoms with van der Waals surface area (Å²) in [6.07, 6.45) is 0.458. The normalized spacial score (nSPS) is 14.2. The average molecular weight is 504 g/mol. The quantitative estimate of drug-likeness (QED) is 0.143. The fourth-order valence-electron chi connectivity index (χ4n) is 3.39. The van der Waals surface area contributed by atoms with Crippen molar-refractivity contribution in [3.8, 4) is 0 Å². The lowest BCUT2D eigenvalue weighted by atomic mass is 10.0. The van der Waals surface area contributed by atoms with Crippen LogP contribution in [0.5, 0.6) is 0 Å². The van der Waals surface area contributed by atoms with Crippen LogP contribution >= 0.6 is 0 Å². The van der Waals surface area contributed by atoms with E-state index in [-0.39, 0.29) is 6.42 Å². The molecule has 36 heavy (non-hydrogen) atoms. The van der Waals surface area contributed by atoms with E-state index in [2.05, 4.69) is 20.9 Å². The van der Waals surface area contributed by atoms with Gasteiger partial charge < -0.3 is 43.2 Å². The van der Waals surface area contributed by atoms with Crippen molar-refractivity contribution in [1.29, 1.82) is 0 Å². The number of carbonyl (C=O) groups excluding carboxylic acids is 5. The third-order valence-corrected chi connectivity index (χ3v) is 5.28. The van der Waals surface area contributed by atoms with Gasteiger partial charge in [-0.2, -0.15) is 0 Å². The van der Waals surface area contributed by atoms with E-state index in [4.69, 9.17) is 22.3 Å². The van der Waals surface area contributed by atoms with E-state index in [1.165, 1.54) is 6.92 Å². The molecule has 0 saturated heterocycles. The molecule has 0 unspecified atom stereocenters. The van der Waals surface area contributed by atoms with Gasteiger partial charge in [-0.05, 0) is 25.0 Å². The first-order valence-electron chi connectivity index (χ1n) is 10.9. The van der Waals surface area contributed by atoms with Crippen LogP contribution in [0.1, 0.15) is 25.3 Å². The van der Waals surface area contributed by atoms with Crippen molar-refractivity contribution in [3.63, 3.8) is 0 Å². The van der Waals surface area contributed by atoms with Crippen LogP contribution in [0, 0.1) is 0 Å². The molecular formula is C22H29N7O7. The molecule has 14 nitrogen and oxygen atoms in total. The van der Waals surface area contributed by atoms with Gasteiger partial charge in [-0.3, -0.25) is 28.8 Å². The predicted molar refractivity (Wildman–Crippen MR) is 127 cm³/mol. The number of hydrogen-bond donors (Lipinski definition) is 8. The van der Waals surface area contributed by atoms with Crippen molar-refractivity contribution in [2.24, 2.45) is 17.2 Å². The van der Waals surface area contributed by atoms with Crippen molar-refractivity contribution in [3.05, 3.63) is 36.0 Å². The second-order valence-electron chi connectivity index (χ2n) is 8.19. The molecule has 0 radical (unpaired) electrons. The molecule has 11 N–H and O–H groups in total. The number of carbonyl (C=O) groups is 6. The molecule has 5 amide bonds. The highest BCUT2D eigenvalue weighted by Crippen LogP contribution is 2.18. The molecule has 2 rings (SSSR count). The second-order valence-corrected chi connectivity index (χ2v) is 8.19. The van der Waals surface area contributed by atoms with Gasteiger partial charge >= 0.3 is 5.97 Å². The van der Waals surface area contributed by atoms with Gasteiger partial charge in [0.05, 0.1) is 18.9 Å². The Bertz CT molecular complexity index is 1160. The van der Waals surface area contributed by atoms with Gasteiger partial charge in [0.2, 0.25) is 29.5 Å². The topological polar surface area (TPSA) is 253 Å². The lowest BCUT2D eigenvalue weighted by molar-refractivity contribution is -0.141. The first-order valence-corrected chi connectivity index (χ1v) is 10.9. The molecule has 4 atom stereocenters. The largest absolute Gasteiger partial charge is 0.481 e. The Kier molecular flexibility index (Phi) is 9.50. The van der Waals surface area contributed by atoms with Gasteiger partial charge in [0.15, 0.2) is 0 Å². The minimum atomic E-state index is -1.64. The minimum absolute atomic E-state index is 0.183. The molecule has 1 aromatic carbocycles. The van der Waals surface area contributed by atoms with E-state index >= 15 is 0 Å². The first-order chi connectivity index (χ1) is 16.9. The lowest BCUT2D eigenvalue weighted by Gasteiger charge is -2.23. The SMILES string of the molecule is C[C@H](NC(=O)[C@@H](N)Cc1c[nH]c2ccccc12)C(=O)N[C@@H](CC(=O)O)C(=O)N[C@@H](CC(N)=O)C(N)=O. The molecule has 0 aliphatic carbocycles. The summed E-state index contributed by atoms with van der Waals surface area (Å²) in [5.41, 5.74) is 17.8. The molecule has 2 aromatic rings. The molecule has 0 aliphatic rings. The number of aliphatic carboxylic acids is 1. The number of aromatic amines is 1. The number of hydrogen-bond acceptors (Lipinski definition) is 7. The molecule has 0 fully saturated rings. The predicted octanol–water partition coefficient (Wildman–Crippen LogP) is -2.65. The van der Waals surface area contributed by atoms with Crippen LogP contribution < -0.4 is 33.2 Å². The highest BCUT2D eigenvalue weighted by molar-refractivity contribution is 5.97. The highest BCUT2D eigenvalue weighted by atomic mass is 16.4. The number of benzene rings is 1. The summed E-state index contributed by atoms with van der Waals surface area (Å²) < 4.78 is 0. The smallest absolute Gasteiger partial charge is 0.305 e. The molecule has 0 bridgehead atoms. The third-order valence-electron chi connectivity index (χ3n) is 5.28. The summed E-state index contributed by atoms with van der Waals surface area (Å²) in [7, 11) is 0. The van der Waals surface area contributed by atoms with E-state index in [1.807, 2.05) is 24.3 Å². The molecule has 0 spiro atoms. The molecular weight excluding hydrogens is 474 g/mol. The summed E-state index contributed by atoms with van der Waals surface area (Å²) in [6.45, 7) is 1.32. The van der Waals surface area contributed by atoms with Gasteiger partial charge in [0, 0.05) is 17.1 Å². The molecule has 194 valence electrons. The van der Waals surface area contributed by atoms with Crippen LogP contribution in [0.15, 0.2) is 30.5 Å². The summed E-state index contributed by atoms with van der Waals surface area (Å²) in [5, 5.41) is 16.7. The van der Waals surface area contributed by atoms with Crippen LogP contribution in [0.2, 0.25) is 0 Å². The van der Waals surface area contributed by atoms with Crippen LogP contribution in [-0.2, 0) is 35.2 Å². The zero-order chi connectivity index (χ0) is 27.0. The number of nitrogens with two attached hydrogens (primary N) is 3. The molecule has 1 heterocycles. The van der Waals surface area contributed by atoms with Crippen LogP contribution in [0.25, 0.3) is 10.9 Å². The van der Waals surface area contributed by atoms with Gasteiger partial charge in [-0.25, -0.2) is 0 Å². The fourth-order valence-corrected chi connectivity index (χ4v) is 3.39. The molecule has 0 aliphatic heterocycles. The number of carboxylic acid groups (broad SMARTS) is 1. The van der Waals surface area contributed by atoms with Crippen molar-refractivity contribution >= 4 is 46.4 Å². The Labute approximate surface area is 205 Å². The number of primary amides is 2. The van der Waals surface area contributed by atoms with E-state index in [0.717, 1.165) is 16.5 Å². The first kappa shape index (κ1) is 27.8. The number of H-pyrrole nitrogens is 1. The van der Waals surface area contributed by atoms with E-state index in [9.17, 15) is 28.8 Å². The molecule has 14 heteroatoms. The Morgan fingerprint density at radius 3 is 2.17 bits per heavy atom. The standard InChI is InChI=1S/C22H29N7O7/c1-10(27-21(35)13(23)6-11-9-26-14-5-3-2-4-12(11)14)20(34)29-16(8-18(31)32)22(36)28-15(19(25)33)7-17(24)30/h2-5,9-10,13,15-16,26H,6-8,23H2,1H3,(H2,24,30)(H2,25,33)(H,27,35)(H,28,36)(H,29,34)(H,31,32)/t10-,13-,15-,16-/m0/s1. The summed E-state index contributed by atoms with van der Waals surface area (Å²) in [4.78, 5) is 74.4. The number of aromatic nitrogens is 1. The van der Waals surface area contributed by atoms with Crippen molar-refractivity contribution in [2.45, 2.75) is 50.4 Å². The maximum Gasteiger partial charge on any atom is 0.305 e. The number of amides is 5. The van der Waals surface area contributed by atoms with Crippen molar-refractivity contribution in [2.75, 3.05) is 0 Å². The second kappa shape index (κ2) is 12.3. The number of fused-ring (bicyclic) bond motifs is 1. The molecule has 1 aromatic heterocycles. The van der Waals surface area contributed by atoms with Gasteiger partial charge in [-0.1, -0.05) is 18.2 Å². The highest BCUT2D eigenvalue weighted by Gasteiger charge is 2.30. The lowest BCUT2D eigenvalue weighted by Crippen LogP contribution is -2.57. The maximum absolute atomic E-state index is 12.6. The molecule has 0 saturated carbocycles. The average Bonchev–Trinajstić information content (AvgIpc) is 3.20. The van der Waals surface area contributed by atoms with Crippen molar-refractivity contribution < 1.29 is 33.9 Å². The monoisotopic (exact) mass is 503 g/mol. The number of para-hydroxylation sites is 1. The fraction of sp³-hybridized carbons (Fsp3) is 0.364. The zero-order valence-corrected chi connectivity index (χ0v) is 19.4. The Morgan fingerprint density at radius 1 is 0.917 bits per heavy atom. The Morgan fingerprint density at radius 2 is 1.56 bits per heavy atom. The van der Waals surface area contributed by atoms with Gasteiger partial charge in [0.1, 0.15) is 18.1 Å². The maximum atomic E-state index is 12.6. The number of carboxylic acids is 1. The van der Waals surface area contributed by atoms with E-state index < -0.39 is 72.5 Å². The summed E-state index contributed by atoms with van der Waals surface area (Å²) in [6, 6.07) is 2.14. The number of rotatable bonds is 13. The van der Waals surface area contributed by atoms with Gasteiger partial charge in [0.25, 0.3) is 0 Å².